The number of fused-ring (bicyclic) bond motifs is 1. The summed E-state index contributed by atoms with van der Waals surface area (Å²) in [5.74, 6) is 2.26. The van der Waals surface area contributed by atoms with Gasteiger partial charge in [-0.15, -0.1) is 10.2 Å². The quantitative estimate of drug-likeness (QED) is 0.839. The molecule has 0 aromatic carbocycles. The van der Waals surface area contributed by atoms with Gasteiger partial charge in [-0.25, -0.2) is 0 Å². The van der Waals surface area contributed by atoms with Gasteiger partial charge in [0.2, 0.25) is 0 Å². The highest BCUT2D eigenvalue weighted by Gasteiger charge is 2.32. The van der Waals surface area contributed by atoms with Gasteiger partial charge in [0.1, 0.15) is 11.6 Å². The number of hydrogen-bond donors (Lipinski definition) is 1. The van der Waals surface area contributed by atoms with Gasteiger partial charge in [0.15, 0.2) is 0 Å². The van der Waals surface area contributed by atoms with Crippen molar-refractivity contribution in [1.82, 2.24) is 29.5 Å². The average molecular weight is 356 g/mol. The fourth-order valence-electron chi connectivity index (χ4n) is 3.88. The Kier molecular flexibility index (Phi) is 4.94. The van der Waals surface area contributed by atoms with Crippen molar-refractivity contribution in [2.45, 2.75) is 25.3 Å². The monoisotopic (exact) mass is 356 g/mol. The van der Waals surface area contributed by atoms with Crippen LogP contribution in [0.25, 0.3) is 0 Å². The summed E-state index contributed by atoms with van der Waals surface area (Å²) >= 11 is 0. The van der Waals surface area contributed by atoms with Crippen LogP contribution in [0.5, 0.6) is 0 Å². The zero-order valence-electron chi connectivity index (χ0n) is 14.8. The number of aliphatic hydroxyl groups is 1. The van der Waals surface area contributed by atoms with Crippen molar-refractivity contribution in [2.24, 2.45) is 0 Å². The molecule has 0 aliphatic carbocycles. The number of hydrogen-bond acceptors (Lipinski definition) is 6. The number of aromatic nitrogens is 4. The molecule has 1 atom stereocenters. The van der Waals surface area contributed by atoms with Gasteiger partial charge >= 0.3 is 0 Å². The largest absolute Gasteiger partial charge is 0.395 e. The minimum atomic E-state index is 0.0327. The fourth-order valence-corrected chi connectivity index (χ4v) is 3.88. The van der Waals surface area contributed by atoms with E-state index in [-0.39, 0.29) is 18.4 Å². The number of nitrogens with zero attached hydrogens (tertiary/aromatic N) is 6. The molecule has 1 unspecified atom stereocenters. The summed E-state index contributed by atoms with van der Waals surface area (Å²) in [6.07, 6.45) is 5.05. The van der Waals surface area contributed by atoms with Crippen molar-refractivity contribution in [3.8, 4) is 0 Å². The van der Waals surface area contributed by atoms with E-state index in [0.717, 1.165) is 50.7 Å². The van der Waals surface area contributed by atoms with E-state index in [9.17, 15) is 4.79 Å². The Labute approximate surface area is 152 Å². The third kappa shape index (κ3) is 3.34. The number of likely N-dealkylation sites (tertiary alicyclic amines) is 1. The highest BCUT2D eigenvalue weighted by Crippen LogP contribution is 2.28. The molecule has 4 rings (SSSR count). The van der Waals surface area contributed by atoms with E-state index in [1.807, 2.05) is 11.0 Å². The first kappa shape index (κ1) is 17.1. The Balaban J connectivity index is 1.46. The van der Waals surface area contributed by atoms with E-state index >= 15 is 0 Å². The number of β-amino-alcohol motifs (C(OH)–C–C–N with tert-alkyl or cyclic N) is 1. The fraction of sp³-hybridized carbons (Fsp3) is 0.556. The normalized spacial score (nSPS) is 20.8. The summed E-state index contributed by atoms with van der Waals surface area (Å²) in [6.45, 7) is 4.92. The van der Waals surface area contributed by atoms with E-state index in [0.29, 0.717) is 18.7 Å². The molecule has 1 saturated heterocycles. The van der Waals surface area contributed by atoms with E-state index in [1.54, 1.807) is 18.5 Å². The maximum Gasteiger partial charge on any atom is 0.255 e. The first-order valence-electron chi connectivity index (χ1n) is 9.20. The Bertz CT molecular complexity index is 762. The maximum absolute atomic E-state index is 12.6. The Hall–Kier alpha value is -2.32. The van der Waals surface area contributed by atoms with Gasteiger partial charge in [-0.05, 0) is 18.6 Å². The van der Waals surface area contributed by atoms with Gasteiger partial charge in [-0.3, -0.25) is 14.7 Å². The number of rotatable bonds is 4. The molecule has 8 heteroatoms. The summed E-state index contributed by atoms with van der Waals surface area (Å²) < 4.78 is 2.22. The first-order valence-corrected chi connectivity index (χ1v) is 9.20. The molecule has 0 spiro atoms. The average Bonchev–Trinajstić information content (AvgIpc) is 3.26. The molecule has 1 amide bonds. The van der Waals surface area contributed by atoms with Gasteiger partial charge in [0.25, 0.3) is 5.91 Å². The van der Waals surface area contributed by atoms with Crippen molar-refractivity contribution >= 4 is 5.91 Å². The van der Waals surface area contributed by atoms with E-state index < -0.39 is 0 Å². The topological polar surface area (TPSA) is 87.4 Å². The van der Waals surface area contributed by atoms with Gasteiger partial charge in [-0.1, -0.05) is 0 Å². The second-order valence-corrected chi connectivity index (χ2v) is 6.92. The lowest BCUT2D eigenvalue weighted by Crippen LogP contribution is -2.30. The van der Waals surface area contributed by atoms with E-state index in [1.165, 1.54) is 0 Å². The highest BCUT2D eigenvalue weighted by molar-refractivity contribution is 5.94. The number of aliphatic hydroxyl groups excluding tert-OH is 1. The lowest BCUT2D eigenvalue weighted by atomic mass is 10.1. The van der Waals surface area contributed by atoms with Crippen molar-refractivity contribution in [2.75, 3.05) is 39.3 Å². The predicted octanol–water partition coefficient (Wildman–Crippen LogP) is 0.153. The van der Waals surface area contributed by atoms with Crippen LogP contribution in [-0.4, -0.2) is 79.9 Å². The molecule has 1 fully saturated rings. The molecule has 4 heterocycles. The Morgan fingerprint density at radius 3 is 2.96 bits per heavy atom. The van der Waals surface area contributed by atoms with Crippen molar-refractivity contribution < 1.29 is 9.90 Å². The SMILES string of the molecule is O=C(c1cccnc1)N1CCC(c2nnc3n2CCN(CCO)CC3)C1. The number of amides is 1. The minimum Gasteiger partial charge on any atom is -0.395 e. The molecular formula is C18H24N6O2. The molecule has 138 valence electrons. The standard InChI is InChI=1S/C18H24N6O2/c25-11-10-22-6-4-16-20-21-17(24(16)9-8-22)15-3-7-23(13-15)18(26)14-2-1-5-19-12-14/h1-2,5,12,15,25H,3-4,6-11,13H2. The van der Waals surface area contributed by atoms with Gasteiger partial charge < -0.3 is 14.6 Å². The van der Waals surface area contributed by atoms with Crippen LogP contribution < -0.4 is 0 Å². The highest BCUT2D eigenvalue weighted by atomic mass is 16.3. The van der Waals surface area contributed by atoms with E-state index in [2.05, 4.69) is 24.6 Å². The molecule has 0 bridgehead atoms. The second-order valence-electron chi connectivity index (χ2n) is 6.92. The van der Waals surface area contributed by atoms with Crippen molar-refractivity contribution in [3.05, 3.63) is 41.7 Å². The van der Waals surface area contributed by atoms with Crippen molar-refractivity contribution in [3.63, 3.8) is 0 Å². The molecule has 0 saturated carbocycles. The summed E-state index contributed by atoms with van der Waals surface area (Å²) in [5.41, 5.74) is 0.632. The molecule has 26 heavy (non-hydrogen) atoms. The van der Waals surface area contributed by atoms with Crippen LogP contribution in [-0.2, 0) is 13.0 Å². The molecule has 0 radical (unpaired) electrons. The van der Waals surface area contributed by atoms with Crippen LogP contribution in [0.4, 0.5) is 0 Å². The smallest absolute Gasteiger partial charge is 0.255 e. The molecular weight excluding hydrogens is 332 g/mol. The summed E-state index contributed by atoms with van der Waals surface area (Å²) in [7, 11) is 0. The molecule has 2 aliphatic rings. The Morgan fingerprint density at radius 2 is 2.15 bits per heavy atom. The number of carbonyl (C=O) groups excluding carboxylic acids is 1. The maximum atomic E-state index is 12.6. The lowest BCUT2D eigenvalue weighted by molar-refractivity contribution is 0.0790. The lowest BCUT2D eigenvalue weighted by Gasteiger charge is -2.18. The van der Waals surface area contributed by atoms with Crippen LogP contribution in [0.15, 0.2) is 24.5 Å². The molecule has 2 aliphatic heterocycles. The summed E-state index contributed by atoms with van der Waals surface area (Å²) in [6, 6.07) is 3.60. The minimum absolute atomic E-state index is 0.0327. The first-order chi connectivity index (χ1) is 12.8. The molecule has 2 aromatic rings. The Morgan fingerprint density at radius 1 is 1.23 bits per heavy atom. The zero-order chi connectivity index (χ0) is 17.9. The molecule has 8 nitrogen and oxygen atoms in total. The third-order valence-electron chi connectivity index (χ3n) is 5.31. The third-order valence-corrected chi connectivity index (χ3v) is 5.31. The molecule has 1 N–H and O–H groups in total. The summed E-state index contributed by atoms with van der Waals surface area (Å²) in [4.78, 5) is 20.8. The number of pyridine rings is 1. The summed E-state index contributed by atoms with van der Waals surface area (Å²) in [5, 5.41) is 18.0. The van der Waals surface area contributed by atoms with Crippen LogP contribution >= 0.6 is 0 Å². The predicted molar refractivity (Wildman–Crippen MR) is 94.8 cm³/mol. The van der Waals surface area contributed by atoms with Gasteiger partial charge in [-0.2, -0.15) is 0 Å². The van der Waals surface area contributed by atoms with Crippen LogP contribution in [0, 0.1) is 0 Å². The van der Waals surface area contributed by atoms with Crippen LogP contribution in [0.2, 0.25) is 0 Å². The van der Waals surface area contributed by atoms with Gasteiger partial charge in [0, 0.05) is 64.0 Å². The second kappa shape index (κ2) is 7.51. The van der Waals surface area contributed by atoms with E-state index in [4.69, 9.17) is 5.11 Å². The van der Waals surface area contributed by atoms with Crippen LogP contribution in [0.3, 0.4) is 0 Å². The zero-order valence-corrected chi connectivity index (χ0v) is 14.8. The van der Waals surface area contributed by atoms with Gasteiger partial charge in [0.05, 0.1) is 12.2 Å². The van der Waals surface area contributed by atoms with Crippen molar-refractivity contribution in [1.29, 1.82) is 0 Å². The van der Waals surface area contributed by atoms with Crippen LogP contribution in [0.1, 0.15) is 34.3 Å². The molecule has 2 aromatic heterocycles. The number of carbonyl (C=O) groups is 1.